The summed E-state index contributed by atoms with van der Waals surface area (Å²) in [6, 6.07) is 5.97. The zero-order chi connectivity index (χ0) is 13.4. The van der Waals surface area contributed by atoms with Crippen molar-refractivity contribution >= 4 is 22.7 Å². The highest BCUT2D eigenvalue weighted by Crippen LogP contribution is 2.17. The molecule has 0 atom stereocenters. The van der Waals surface area contributed by atoms with Crippen LogP contribution in [0.1, 0.15) is 11.1 Å². The molecule has 0 bridgehead atoms. The van der Waals surface area contributed by atoms with Gasteiger partial charge in [-0.25, -0.2) is 0 Å². The summed E-state index contributed by atoms with van der Waals surface area (Å²) in [7, 11) is 0. The molecular formula is C13H13N5O. The second kappa shape index (κ2) is 4.24. The molecule has 2 aromatic heterocycles. The third-order valence-corrected chi connectivity index (χ3v) is 3.09. The molecule has 3 N–H and O–H groups in total. The lowest BCUT2D eigenvalue weighted by molar-refractivity contribution is 1.09. The van der Waals surface area contributed by atoms with Crippen LogP contribution in [0.2, 0.25) is 0 Å². The zero-order valence-corrected chi connectivity index (χ0v) is 10.6. The van der Waals surface area contributed by atoms with Gasteiger partial charge < -0.3 is 5.32 Å². The summed E-state index contributed by atoms with van der Waals surface area (Å²) >= 11 is 0. The maximum absolute atomic E-state index is 11.8. The fourth-order valence-corrected chi connectivity index (χ4v) is 1.86. The first-order chi connectivity index (χ1) is 9.13. The lowest BCUT2D eigenvalue weighted by atomic mass is 10.1. The number of aryl methyl sites for hydroxylation is 2. The number of hydrogen-bond acceptors (Lipinski definition) is 4. The molecule has 0 radical (unpaired) electrons. The van der Waals surface area contributed by atoms with E-state index in [1.54, 1.807) is 0 Å². The van der Waals surface area contributed by atoms with Crippen LogP contribution in [0.25, 0.3) is 11.0 Å². The maximum atomic E-state index is 11.8. The van der Waals surface area contributed by atoms with Crippen LogP contribution in [-0.2, 0) is 0 Å². The predicted molar refractivity (Wildman–Crippen MR) is 73.7 cm³/mol. The minimum atomic E-state index is -0.218. The first-order valence-electron chi connectivity index (χ1n) is 5.91. The summed E-state index contributed by atoms with van der Waals surface area (Å²) in [5.74, 6) is 0.394. The van der Waals surface area contributed by atoms with E-state index in [0.717, 1.165) is 5.69 Å². The average Bonchev–Trinajstić information content (AvgIpc) is 2.82. The Balaban J connectivity index is 2.00. The molecule has 3 rings (SSSR count). The smallest absolute Gasteiger partial charge is 0.263 e. The van der Waals surface area contributed by atoms with E-state index >= 15 is 0 Å². The largest absolute Gasteiger partial charge is 0.326 e. The highest BCUT2D eigenvalue weighted by Gasteiger charge is 2.05. The standard InChI is InChI=1S/C13H13N5O/c1-7-3-4-9(5-8(7)2)15-13-16-11-10(6-14-18-11)12(19)17-13/h3-6H,1-2H3,(H3,14,15,16,17,18,19). The van der Waals surface area contributed by atoms with Crippen LogP contribution < -0.4 is 10.9 Å². The van der Waals surface area contributed by atoms with Crippen LogP contribution in [0.4, 0.5) is 11.6 Å². The van der Waals surface area contributed by atoms with Crippen molar-refractivity contribution in [2.75, 3.05) is 5.32 Å². The van der Waals surface area contributed by atoms with Gasteiger partial charge in [-0.2, -0.15) is 10.1 Å². The molecule has 3 aromatic rings. The van der Waals surface area contributed by atoms with Gasteiger partial charge in [-0.15, -0.1) is 0 Å². The quantitative estimate of drug-likeness (QED) is 0.653. The number of anilines is 2. The van der Waals surface area contributed by atoms with Gasteiger partial charge in [0.2, 0.25) is 5.95 Å². The molecular weight excluding hydrogens is 242 g/mol. The molecule has 2 heterocycles. The number of aromatic nitrogens is 4. The van der Waals surface area contributed by atoms with Crippen LogP contribution in [0, 0.1) is 13.8 Å². The second-order valence-electron chi connectivity index (χ2n) is 4.47. The first kappa shape index (κ1) is 11.5. The van der Waals surface area contributed by atoms with Gasteiger partial charge in [0.15, 0.2) is 5.65 Å². The topological polar surface area (TPSA) is 86.5 Å². The van der Waals surface area contributed by atoms with Gasteiger partial charge in [0.05, 0.1) is 6.20 Å². The third-order valence-electron chi connectivity index (χ3n) is 3.09. The van der Waals surface area contributed by atoms with Crippen molar-refractivity contribution in [3.8, 4) is 0 Å². The van der Waals surface area contributed by atoms with Crippen molar-refractivity contribution in [1.29, 1.82) is 0 Å². The Morgan fingerprint density at radius 3 is 2.84 bits per heavy atom. The van der Waals surface area contributed by atoms with E-state index in [0.29, 0.717) is 17.0 Å². The van der Waals surface area contributed by atoms with Gasteiger partial charge in [-0.3, -0.25) is 14.9 Å². The van der Waals surface area contributed by atoms with Crippen molar-refractivity contribution in [3.05, 3.63) is 45.9 Å². The number of nitrogens with zero attached hydrogens (tertiary/aromatic N) is 2. The van der Waals surface area contributed by atoms with Crippen molar-refractivity contribution in [3.63, 3.8) is 0 Å². The molecule has 0 amide bonds. The van der Waals surface area contributed by atoms with E-state index in [4.69, 9.17) is 0 Å². The van der Waals surface area contributed by atoms with Crippen LogP contribution in [-0.4, -0.2) is 20.2 Å². The third kappa shape index (κ3) is 2.08. The number of benzene rings is 1. The molecule has 0 aliphatic heterocycles. The molecule has 0 saturated carbocycles. The van der Waals surface area contributed by atoms with Gasteiger partial charge in [0.1, 0.15) is 5.39 Å². The Labute approximate surface area is 108 Å². The molecule has 96 valence electrons. The number of H-pyrrole nitrogens is 2. The lowest BCUT2D eigenvalue weighted by Gasteiger charge is -2.07. The van der Waals surface area contributed by atoms with Gasteiger partial charge in [0, 0.05) is 5.69 Å². The monoisotopic (exact) mass is 255 g/mol. The SMILES string of the molecule is Cc1ccc(Nc2nc3[nH]ncc3c(=O)[nH]2)cc1C. The molecule has 0 saturated heterocycles. The van der Waals surface area contributed by atoms with E-state index in [1.165, 1.54) is 17.3 Å². The lowest BCUT2D eigenvalue weighted by Crippen LogP contribution is -2.10. The highest BCUT2D eigenvalue weighted by molar-refractivity contribution is 5.74. The normalized spacial score (nSPS) is 10.8. The first-order valence-corrected chi connectivity index (χ1v) is 5.91. The predicted octanol–water partition coefficient (Wildman–Crippen LogP) is 2.01. The minimum Gasteiger partial charge on any atom is -0.326 e. The summed E-state index contributed by atoms with van der Waals surface area (Å²) in [5.41, 5.74) is 3.52. The number of fused-ring (bicyclic) bond motifs is 1. The molecule has 0 aliphatic carbocycles. The van der Waals surface area contributed by atoms with E-state index in [-0.39, 0.29) is 5.56 Å². The molecule has 0 aliphatic rings. The van der Waals surface area contributed by atoms with Crippen molar-refractivity contribution in [1.82, 2.24) is 20.2 Å². The van der Waals surface area contributed by atoms with Crippen LogP contribution in [0.15, 0.2) is 29.2 Å². The molecule has 0 unspecified atom stereocenters. The number of hydrogen-bond donors (Lipinski definition) is 3. The molecule has 6 nitrogen and oxygen atoms in total. The summed E-state index contributed by atoms with van der Waals surface area (Å²) in [4.78, 5) is 18.7. The van der Waals surface area contributed by atoms with Gasteiger partial charge in [0.25, 0.3) is 5.56 Å². The van der Waals surface area contributed by atoms with Crippen LogP contribution in [0.5, 0.6) is 0 Å². The van der Waals surface area contributed by atoms with Crippen LogP contribution in [0.3, 0.4) is 0 Å². The van der Waals surface area contributed by atoms with E-state index in [1.807, 2.05) is 25.1 Å². The molecule has 6 heteroatoms. The fraction of sp³-hybridized carbons (Fsp3) is 0.154. The Morgan fingerprint density at radius 2 is 2.05 bits per heavy atom. The van der Waals surface area contributed by atoms with Gasteiger partial charge >= 0.3 is 0 Å². The summed E-state index contributed by atoms with van der Waals surface area (Å²) < 4.78 is 0. The van der Waals surface area contributed by atoms with E-state index in [9.17, 15) is 4.79 Å². The summed E-state index contributed by atoms with van der Waals surface area (Å²) in [6.07, 6.45) is 1.46. The summed E-state index contributed by atoms with van der Waals surface area (Å²) in [5, 5.41) is 10.0. The van der Waals surface area contributed by atoms with Gasteiger partial charge in [-0.1, -0.05) is 6.07 Å². The van der Waals surface area contributed by atoms with Gasteiger partial charge in [-0.05, 0) is 37.1 Å². The zero-order valence-electron chi connectivity index (χ0n) is 10.6. The molecule has 1 aromatic carbocycles. The Kier molecular flexibility index (Phi) is 2.56. The van der Waals surface area contributed by atoms with Crippen molar-refractivity contribution < 1.29 is 0 Å². The van der Waals surface area contributed by atoms with Crippen molar-refractivity contribution in [2.24, 2.45) is 0 Å². The fourth-order valence-electron chi connectivity index (χ4n) is 1.86. The number of nitrogens with one attached hydrogen (secondary N) is 3. The maximum Gasteiger partial charge on any atom is 0.263 e. The Morgan fingerprint density at radius 1 is 1.21 bits per heavy atom. The van der Waals surface area contributed by atoms with E-state index in [2.05, 4.69) is 32.4 Å². The highest BCUT2D eigenvalue weighted by atomic mass is 16.1. The average molecular weight is 255 g/mol. The summed E-state index contributed by atoms with van der Waals surface area (Å²) in [6.45, 7) is 4.09. The second-order valence-corrected chi connectivity index (χ2v) is 4.47. The van der Waals surface area contributed by atoms with Crippen LogP contribution >= 0.6 is 0 Å². The number of rotatable bonds is 2. The molecule has 0 fully saturated rings. The molecule has 19 heavy (non-hydrogen) atoms. The molecule has 0 spiro atoms. The Hall–Kier alpha value is -2.63. The van der Waals surface area contributed by atoms with Crippen molar-refractivity contribution in [2.45, 2.75) is 13.8 Å². The Bertz CT molecular complexity index is 802. The number of aromatic amines is 2. The minimum absolute atomic E-state index is 0.218. The van der Waals surface area contributed by atoms with E-state index < -0.39 is 0 Å².